The van der Waals surface area contributed by atoms with Crippen LogP contribution in [0.25, 0.3) is 0 Å². The summed E-state index contributed by atoms with van der Waals surface area (Å²) in [7, 11) is 1.37. The number of hydrogen-bond donors (Lipinski definition) is 0. The second-order valence-electron chi connectivity index (χ2n) is 5.37. The summed E-state index contributed by atoms with van der Waals surface area (Å²) in [6.07, 6.45) is 0.339. The van der Waals surface area contributed by atoms with E-state index in [1.54, 1.807) is 18.2 Å². The molecule has 3 rings (SSSR count). The number of amides is 4. The molecule has 1 aromatic carbocycles. The molecular formula is C15H14N2O4. The van der Waals surface area contributed by atoms with Gasteiger partial charge in [-0.3, -0.25) is 29.0 Å². The Morgan fingerprint density at radius 3 is 2.43 bits per heavy atom. The van der Waals surface area contributed by atoms with Crippen molar-refractivity contribution in [3.8, 4) is 0 Å². The van der Waals surface area contributed by atoms with Gasteiger partial charge < -0.3 is 0 Å². The Bertz CT molecular complexity index is 695. The van der Waals surface area contributed by atoms with Crippen LogP contribution < -0.4 is 0 Å². The highest BCUT2D eigenvalue weighted by molar-refractivity contribution is 6.23. The van der Waals surface area contributed by atoms with Gasteiger partial charge in [0.15, 0.2) is 0 Å². The van der Waals surface area contributed by atoms with Crippen LogP contribution in [0.4, 0.5) is 0 Å². The third-order valence-electron chi connectivity index (χ3n) is 4.01. The summed E-state index contributed by atoms with van der Waals surface area (Å²) in [4.78, 5) is 50.5. The summed E-state index contributed by atoms with van der Waals surface area (Å²) >= 11 is 0. The first-order chi connectivity index (χ1) is 9.91. The molecule has 0 N–H and O–H groups in total. The lowest BCUT2D eigenvalue weighted by Crippen LogP contribution is -2.54. The molecule has 0 bridgehead atoms. The number of fused-ring (bicyclic) bond motifs is 1. The maximum atomic E-state index is 12.4. The summed E-state index contributed by atoms with van der Waals surface area (Å²) in [5, 5.41) is 0. The van der Waals surface area contributed by atoms with Crippen LogP contribution in [0, 0.1) is 6.92 Å². The molecule has 1 aromatic rings. The van der Waals surface area contributed by atoms with Crippen LogP contribution in [-0.2, 0) is 9.59 Å². The second kappa shape index (κ2) is 4.51. The van der Waals surface area contributed by atoms with E-state index in [0.717, 1.165) is 15.4 Å². The lowest BCUT2D eigenvalue weighted by atomic mass is 10.0. The predicted molar refractivity (Wildman–Crippen MR) is 72.5 cm³/mol. The molecule has 6 nitrogen and oxygen atoms in total. The number of carbonyl (C=O) groups is 4. The van der Waals surface area contributed by atoms with Gasteiger partial charge in [-0.25, -0.2) is 0 Å². The van der Waals surface area contributed by atoms with Gasteiger partial charge in [-0.1, -0.05) is 11.6 Å². The summed E-state index contributed by atoms with van der Waals surface area (Å²) in [5.41, 5.74) is 1.52. The third kappa shape index (κ3) is 1.86. The Morgan fingerprint density at radius 1 is 1.05 bits per heavy atom. The molecule has 2 aliphatic rings. The van der Waals surface area contributed by atoms with Gasteiger partial charge in [0.25, 0.3) is 17.7 Å². The fourth-order valence-electron chi connectivity index (χ4n) is 2.79. The monoisotopic (exact) mass is 286 g/mol. The van der Waals surface area contributed by atoms with E-state index in [9.17, 15) is 19.2 Å². The molecule has 108 valence electrons. The van der Waals surface area contributed by atoms with Crippen molar-refractivity contribution < 1.29 is 19.2 Å². The van der Waals surface area contributed by atoms with Gasteiger partial charge in [0.2, 0.25) is 5.91 Å². The zero-order chi connectivity index (χ0) is 15.3. The molecule has 2 heterocycles. The van der Waals surface area contributed by atoms with E-state index in [0.29, 0.717) is 11.1 Å². The van der Waals surface area contributed by atoms with E-state index in [2.05, 4.69) is 0 Å². The summed E-state index contributed by atoms with van der Waals surface area (Å²) in [6, 6.07) is 4.12. The quantitative estimate of drug-likeness (QED) is 0.714. The van der Waals surface area contributed by atoms with Crippen LogP contribution >= 0.6 is 0 Å². The number of hydrogen-bond acceptors (Lipinski definition) is 4. The van der Waals surface area contributed by atoms with Gasteiger partial charge in [-0.15, -0.1) is 0 Å². The first-order valence-electron chi connectivity index (χ1n) is 6.70. The zero-order valence-corrected chi connectivity index (χ0v) is 11.8. The molecule has 0 radical (unpaired) electrons. The van der Waals surface area contributed by atoms with Gasteiger partial charge in [-0.2, -0.15) is 0 Å². The smallest absolute Gasteiger partial charge is 0.262 e. The molecule has 0 saturated carbocycles. The molecule has 0 aliphatic carbocycles. The molecule has 1 fully saturated rings. The fourth-order valence-corrected chi connectivity index (χ4v) is 2.79. The molecule has 21 heavy (non-hydrogen) atoms. The minimum atomic E-state index is -0.889. The van der Waals surface area contributed by atoms with Crippen molar-refractivity contribution in [2.75, 3.05) is 7.05 Å². The van der Waals surface area contributed by atoms with Crippen molar-refractivity contribution >= 4 is 23.6 Å². The standard InChI is InChI=1S/C15H14N2O4/c1-8-3-4-9-10(7-8)14(20)17(13(9)19)11-5-6-12(18)16(2)15(11)21/h3-4,7,11H,5-6H2,1-2H3. The molecule has 6 heteroatoms. The summed E-state index contributed by atoms with van der Waals surface area (Å²) < 4.78 is 0. The van der Waals surface area contributed by atoms with E-state index in [1.807, 2.05) is 6.92 Å². The summed E-state index contributed by atoms with van der Waals surface area (Å²) in [6.45, 7) is 1.83. The lowest BCUT2D eigenvalue weighted by molar-refractivity contribution is -0.149. The highest BCUT2D eigenvalue weighted by atomic mass is 16.2. The van der Waals surface area contributed by atoms with E-state index >= 15 is 0 Å². The number of aryl methyl sites for hydroxylation is 1. The van der Waals surface area contributed by atoms with Crippen molar-refractivity contribution in [2.45, 2.75) is 25.8 Å². The number of likely N-dealkylation sites (tertiary alicyclic amines) is 1. The Labute approximate surface area is 121 Å². The maximum absolute atomic E-state index is 12.4. The Hall–Kier alpha value is -2.50. The van der Waals surface area contributed by atoms with Crippen LogP contribution in [0.3, 0.4) is 0 Å². The van der Waals surface area contributed by atoms with Crippen LogP contribution in [0.5, 0.6) is 0 Å². The minimum absolute atomic E-state index is 0.152. The van der Waals surface area contributed by atoms with Crippen LogP contribution in [-0.4, -0.2) is 46.5 Å². The SMILES string of the molecule is Cc1ccc2c(c1)C(=O)N(C1CCC(=O)N(C)C1=O)C2=O. The molecule has 1 unspecified atom stereocenters. The Kier molecular flexibility index (Phi) is 2.90. The van der Waals surface area contributed by atoms with Gasteiger partial charge in [0.05, 0.1) is 11.1 Å². The van der Waals surface area contributed by atoms with E-state index in [-0.39, 0.29) is 18.7 Å². The molecule has 4 amide bonds. The number of nitrogens with zero attached hydrogens (tertiary/aromatic N) is 2. The number of likely N-dealkylation sites (N-methyl/N-ethyl adjacent to an activating group) is 1. The van der Waals surface area contributed by atoms with Crippen LogP contribution in [0.1, 0.15) is 39.1 Å². The topological polar surface area (TPSA) is 74.8 Å². The molecule has 1 atom stereocenters. The first-order valence-corrected chi connectivity index (χ1v) is 6.70. The Morgan fingerprint density at radius 2 is 1.71 bits per heavy atom. The average molecular weight is 286 g/mol. The molecule has 0 spiro atoms. The highest BCUT2D eigenvalue weighted by Crippen LogP contribution is 2.29. The van der Waals surface area contributed by atoms with Crippen molar-refractivity contribution in [3.63, 3.8) is 0 Å². The molecule has 0 aromatic heterocycles. The van der Waals surface area contributed by atoms with Crippen LogP contribution in [0.2, 0.25) is 0 Å². The number of rotatable bonds is 1. The molecular weight excluding hydrogens is 272 g/mol. The zero-order valence-electron chi connectivity index (χ0n) is 11.8. The normalized spacial score (nSPS) is 22.1. The maximum Gasteiger partial charge on any atom is 0.262 e. The summed E-state index contributed by atoms with van der Waals surface area (Å²) in [5.74, 6) is -1.71. The minimum Gasteiger partial charge on any atom is -0.284 e. The lowest BCUT2D eigenvalue weighted by Gasteiger charge is -2.32. The van der Waals surface area contributed by atoms with Gasteiger partial charge in [0.1, 0.15) is 6.04 Å². The van der Waals surface area contributed by atoms with E-state index in [1.165, 1.54) is 7.05 Å². The number of benzene rings is 1. The number of carbonyl (C=O) groups excluding carboxylic acids is 4. The van der Waals surface area contributed by atoms with E-state index < -0.39 is 23.8 Å². The van der Waals surface area contributed by atoms with Gasteiger partial charge in [0, 0.05) is 13.5 Å². The van der Waals surface area contributed by atoms with E-state index in [4.69, 9.17) is 0 Å². The van der Waals surface area contributed by atoms with Crippen molar-refractivity contribution in [1.82, 2.24) is 9.80 Å². The Balaban J connectivity index is 1.98. The molecule has 2 aliphatic heterocycles. The first kappa shape index (κ1) is 13.5. The van der Waals surface area contributed by atoms with Crippen molar-refractivity contribution in [3.05, 3.63) is 34.9 Å². The predicted octanol–water partition coefficient (Wildman–Crippen LogP) is 0.738. The third-order valence-corrected chi connectivity index (χ3v) is 4.01. The molecule has 1 saturated heterocycles. The highest BCUT2D eigenvalue weighted by Gasteiger charge is 2.46. The number of imide groups is 2. The van der Waals surface area contributed by atoms with Crippen molar-refractivity contribution in [1.29, 1.82) is 0 Å². The van der Waals surface area contributed by atoms with Gasteiger partial charge >= 0.3 is 0 Å². The van der Waals surface area contributed by atoms with Crippen molar-refractivity contribution in [2.24, 2.45) is 0 Å². The van der Waals surface area contributed by atoms with Crippen LogP contribution in [0.15, 0.2) is 18.2 Å². The number of piperidine rings is 1. The second-order valence-corrected chi connectivity index (χ2v) is 5.37. The van der Waals surface area contributed by atoms with Gasteiger partial charge in [-0.05, 0) is 25.5 Å². The fraction of sp³-hybridized carbons (Fsp3) is 0.333. The largest absolute Gasteiger partial charge is 0.284 e. The average Bonchev–Trinajstić information content (AvgIpc) is 2.69.